The molecule has 2 rings (SSSR count). The first-order chi connectivity index (χ1) is 13.1. The molecule has 0 saturated heterocycles. The standard InChI is InChI=1S/C23H26O4/c1-3-10-21(23(25)27-17-20-13-8-5-9-14-20)15-18(2)22(24)26-16-19-11-6-4-7-12-19/h3-9,11-14,18,21H,1,10,15-17H2,2H3/t18-,21-/m0/s1. The van der Waals surface area contributed by atoms with E-state index in [0.717, 1.165) is 11.1 Å². The highest BCUT2D eigenvalue weighted by molar-refractivity contribution is 5.76. The van der Waals surface area contributed by atoms with Gasteiger partial charge in [-0.25, -0.2) is 0 Å². The summed E-state index contributed by atoms with van der Waals surface area (Å²) in [5, 5.41) is 0. The van der Waals surface area contributed by atoms with Crippen LogP contribution in [0.3, 0.4) is 0 Å². The summed E-state index contributed by atoms with van der Waals surface area (Å²) < 4.78 is 10.8. The minimum absolute atomic E-state index is 0.222. The van der Waals surface area contributed by atoms with Gasteiger partial charge in [0, 0.05) is 0 Å². The molecule has 4 nitrogen and oxygen atoms in total. The summed E-state index contributed by atoms with van der Waals surface area (Å²) in [6.45, 7) is 5.93. The number of rotatable bonds is 10. The SMILES string of the molecule is C=CC[C@@H](C[C@H](C)C(=O)OCc1ccccc1)C(=O)OCc1ccccc1. The molecule has 0 aliphatic heterocycles. The zero-order valence-electron chi connectivity index (χ0n) is 15.7. The molecule has 0 fully saturated rings. The molecule has 0 aliphatic rings. The van der Waals surface area contributed by atoms with E-state index < -0.39 is 11.8 Å². The zero-order chi connectivity index (χ0) is 19.5. The van der Waals surface area contributed by atoms with Crippen LogP contribution >= 0.6 is 0 Å². The second-order valence-corrected chi connectivity index (χ2v) is 6.54. The Balaban J connectivity index is 1.84. The molecule has 0 aliphatic carbocycles. The topological polar surface area (TPSA) is 52.6 Å². The Morgan fingerprint density at radius 2 is 1.37 bits per heavy atom. The fourth-order valence-corrected chi connectivity index (χ4v) is 2.73. The van der Waals surface area contributed by atoms with Crippen molar-refractivity contribution >= 4 is 11.9 Å². The number of carbonyl (C=O) groups excluding carboxylic acids is 2. The van der Waals surface area contributed by atoms with Crippen LogP contribution < -0.4 is 0 Å². The quantitative estimate of drug-likeness (QED) is 0.452. The van der Waals surface area contributed by atoms with Gasteiger partial charge in [-0.3, -0.25) is 9.59 Å². The van der Waals surface area contributed by atoms with Gasteiger partial charge in [0.25, 0.3) is 0 Å². The monoisotopic (exact) mass is 366 g/mol. The van der Waals surface area contributed by atoms with Crippen molar-refractivity contribution < 1.29 is 19.1 Å². The highest BCUT2D eigenvalue weighted by Gasteiger charge is 2.25. The lowest BCUT2D eigenvalue weighted by atomic mass is 9.93. The minimum Gasteiger partial charge on any atom is -0.461 e. The summed E-state index contributed by atoms with van der Waals surface area (Å²) in [5.41, 5.74) is 1.86. The molecule has 0 heterocycles. The number of ether oxygens (including phenoxy) is 2. The Bertz CT molecular complexity index is 725. The van der Waals surface area contributed by atoms with Crippen LogP contribution in [0.25, 0.3) is 0 Å². The van der Waals surface area contributed by atoms with E-state index in [4.69, 9.17) is 9.47 Å². The lowest BCUT2D eigenvalue weighted by molar-refractivity contribution is -0.153. The molecule has 2 aromatic carbocycles. The molecule has 2 atom stereocenters. The second-order valence-electron chi connectivity index (χ2n) is 6.54. The van der Waals surface area contributed by atoms with Crippen LogP contribution in [0.4, 0.5) is 0 Å². The lowest BCUT2D eigenvalue weighted by Gasteiger charge is -2.18. The Morgan fingerprint density at radius 3 is 1.85 bits per heavy atom. The minimum atomic E-state index is -0.412. The molecule has 0 unspecified atom stereocenters. The summed E-state index contributed by atoms with van der Waals surface area (Å²) in [6.07, 6.45) is 2.51. The molecule has 0 saturated carbocycles. The van der Waals surface area contributed by atoms with Crippen LogP contribution in [0.15, 0.2) is 73.3 Å². The van der Waals surface area contributed by atoms with Crippen molar-refractivity contribution in [2.45, 2.75) is 33.0 Å². The predicted octanol–water partition coefficient (Wildman–Crippen LogP) is 4.69. The van der Waals surface area contributed by atoms with Gasteiger partial charge >= 0.3 is 11.9 Å². The van der Waals surface area contributed by atoms with Crippen LogP contribution in [-0.2, 0) is 32.3 Å². The molecular weight excluding hydrogens is 340 g/mol. The number of hydrogen-bond acceptors (Lipinski definition) is 4. The Morgan fingerprint density at radius 1 is 0.889 bits per heavy atom. The average Bonchev–Trinajstić information content (AvgIpc) is 2.71. The van der Waals surface area contributed by atoms with Gasteiger partial charge in [-0.15, -0.1) is 6.58 Å². The first-order valence-corrected chi connectivity index (χ1v) is 9.12. The van der Waals surface area contributed by atoms with E-state index >= 15 is 0 Å². The van der Waals surface area contributed by atoms with Crippen LogP contribution in [0.2, 0.25) is 0 Å². The van der Waals surface area contributed by atoms with Crippen molar-refractivity contribution in [1.29, 1.82) is 0 Å². The summed E-state index contributed by atoms with van der Waals surface area (Å²) in [4.78, 5) is 24.7. The van der Waals surface area contributed by atoms with Crippen molar-refractivity contribution in [2.75, 3.05) is 0 Å². The molecule has 0 aromatic heterocycles. The molecular formula is C23H26O4. The number of hydrogen-bond donors (Lipinski definition) is 0. The maximum Gasteiger partial charge on any atom is 0.309 e. The van der Waals surface area contributed by atoms with Gasteiger partial charge in [0.1, 0.15) is 13.2 Å². The summed E-state index contributed by atoms with van der Waals surface area (Å²) >= 11 is 0. The molecule has 0 spiro atoms. The smallest absolute Gasteiger partial charge is 0.309 e. The number of allylic oxidation sites excluding steroid dienone is 1. The normalized spacial score (nSPS) is 12.6. The molecule has 0 N–H and O–H groups in total. The van der Waals surface area contributed by atoms with E-state index in [1.807, 2.05) is 60.7 Å². The van der Waals surface area contributed by atoms with Crippen LogP contribution in [0, 0.1) is 11.8 Å². The van der Waals surface area contributed by atoms with Crippen LogP contribution in [-0.4, -0.2) is 11.9 Å². The highest BCUT2D eigenvalue weighted by atomic mass is 16.5. The van der Waals surface area contributed by atoms with E-state index in [9.17, 15) is 9.59 Å². The van der Waals surface area contributed by atoms with E-state index in [2.05, 4.69) is 6.58 Å². The Kier molecular flexibility index (Phi) is 8.30. The molecule has 0 bridgehead atoms. The van der Waals surface area contributed by atoms with E-state index in [1.54, 1.807) is 13.0 Å². The number of esters is 2. The van der Waals surface area contributed by atoms with E-state index in [0.29, 0.717) is 12.8 Å². The second kappa shape index (κ2) is 11.0. The Hall–Kier alpha value is -2.88. The largest absolute Gasteiger partial charge is 0.461 e. The van der Waals surface area contributed by atoms with Gasteiger partial charge in [0.05, 0.1) is 11.8 Å². The lowest BCUT2D eigenvalue weighted by Crippen LogP contribution is -2.24. The van der Waals surface area contributed by atoms with Crippen LogP contribution in [0.1, 0.15) is 30.9 Å². The molecule has 0 amide bonds. The van der Waals surface area contributed by atoms with Crippen molar-refractivity contribution in [1.82, 2.24) is 0 Å². The maximum absolute atomic E-state index is 12.4. The van der Waals surface area contributed by atoms with Crippen molar-refractivity contribution in [3.63, 3.8) is 0 Å². The Labute approximate surface area is 160 Å². The van der Waals surface area contributed by atoms with E-state index in [1.165, 1.54) is 0 Å². The maximum atomic E-state index is 12.4. The van der Waals surface area contributed by atoms with Crippen molar-refractivity contribution in [3.8, 4) is 0 Å². The zero-order valence-corrected chi connectivity index (χ0v) is 15.7. The number of carbonyl (C=O) groups is 2. The fourth-order valence-electron chi connectivity index (χ4n) is 2.73. The van der Waals surface area contributed by atoms with Gasteiger partial charge in [-0.2, -0.15) is 0 Å². The average molecular weight is 366 g/mol. The highest BCUT2D eigenvalue weighted by Crippen LogP contribution is 2.20. The molecule has 0 radical (unpaired) electrons. The first kappa shape index (κ1) is 20.4. The van der Waals surface area contributed by atoms with Crippen molar-refractivity contribution in [2.24, 2.45) is 11.8 Å². The third-order valence-electron chi connectivity index (χ3n) is 4.27. The van der Waals surface area contributed by atoms with Crippen LogP contribution in [0.5, 0.6) is 0 Å². The van der Waals surface area contributed by atoms with Gasteiger partial charge in [-0.1, -0.05) is 73.7 Å². The third-order valence-corrected chi connectivity index (χ3v) is 4.27. The number of benzene rings is 2. The summed E-state index contributed by atoms with van der Waals surface area (Å²) in [5.74, 6) is -1.45. The van der Waals surface area contributed by atoms with Gasteiger partial charge < -0.3 is 9.47 Å². The van der Waals surface area contributed by atoms with Gasteiger partial charge in [0.15, 0.2) is 0 Å². The summed E-state index contributed by atoms with van der Waals surface area (Å²) in [7, 11) is 0. The van der Waals surface area contributed by atoms with E-state index in [-0.39, 0.29) is 25.2 Å². The fraction of sp³-hybridized carbons (Fsp3) is 0.304. The van der Waals surface area contributed by atoms with Crippen molar-refractivity contribution in [3.05, 3.63) is 84.4 Å². The molecule has 142 valence electrons. The first-order valence-electron chi connectivity index (χ1n) is 9.12. The van der Waals surface area contributed by atoms with Gasteiger partial charge in [0.2, 0.25) is 0 Å². The summed E-state index contributed by atoms with van der Waals surface area (Å²) in [6, 6.07) is 19.0. The molecule has 2 aromatic rings. The third kappa shape index (κ3) is 7.10. The van der Waals surface area contributed by atoms with Gasteiger partial charge in [-0.05, 0) is 24.0 Å². The predicted molar refractivity (Wildman–Crippen MR) is 105 cm³/mol. The molecule has 4 heteroatoms. The molecule has 27 heavy (non-hydrogen) atoms.